The van der Waals surface area contributed by atoms with Gasteiger partial charge in [-0.3, -0.25) is 14.9 Å². The Bertz CT molecular complexity index is 361. The number of hydrogen-bond acceptors (Lipinski definition) is 6. The molecule has 0 aromatic carbocycles. The zero-order valence-electron chi connectivity index (χ0n) is 7.37. The Morgan fingerprint density at radius 1 is 1.50 bits per heavy atom. The Balaban J connectivity index is 2.83. The minimum Gasteiger partial charge on any atom is -0.454 e. The quantitative estimate of drug-likeness (QED) is 0.337. The molecule has 2 atom stereocenters. The number of rotatable bonds is 2. The van der Waals surface area contributed by atoms with Crippen LogP contribution in [-0.4, -0.2) is 43.0 Å². The molecule has 0 unspecified atom stereocenters. The SMILES string of the molecule is CC(=O)O[C@H]1CS(=O)(=O)C[C@H]1[N+](=O)[O-]. The molecule has 14 heavy (non-hydrogen) atoms. The van der Waals surface area contributed by atoms with Gasteiger partial charge in [-0.1, -0.05) is 0 Å². The highest BCUT2D eigenvalue weighted by molar-refractivity contribution is 7.91. The van der Waals surface area contributed by atoms with Gasteiger partial charge in [0, 0.05) is 11.8 Å². The molecule has 0 bridgehead atoms. The van der Waals surface area contributed by atoms with Gasteiger partial charge < -0.3 is 4.74 Å². The van der Waals surface area contributed by atoms with Crippen molar-refractivity contribution in [1.82, 2.24) is 0 Å². The summed E-state index contributed by atoms with van der Waals surface area (Å²) in [6, 6.07) is -1.33. The van der Waals surface area contributed by atoms with Gasteiger partial charge in [0.15, 0.2) is 15.9 Å². The summed E-state index contributed by atoms with van der Waals surface area (Å²) >= 11 is 0. The summed E-state index contributed by atoms with van der Waals surface area (Å²) in [4.78, 5) is 20.2. The van der Waals surface area contributed by atoms with E-state index in [2.05, 4.69) is 4.74 Å². The van der Waals surface area contributed by atoms with E-state index in [1.807, 2.05) is 0 Å². The second-order valence-electron chi connectivity index (χ2n) is 3.08. The summed E-state index contributed by atoms with van der Waals surface area (Å²) in [5, 5.41) is 10.4. The minimum atomic E-state index is -3.45. The lowest BCUT2D eigenvalue weighted by Gasteiger charge is -2.10. The van der Waals surface area contributed by atoms with E-state index in [4.69, 9.17) is 0 Å². The topological polar surface area (TPSA) is 104 Å². The number of carbonyl (C=O) groups excluding carboxylic acids is 1. The Morgan fingerprint density at radius 3 is 2.50 bits per heavy atom. The van der Waals surface area contributed by atoms with Crippen LogP contribution in [0.5, 0.6) is 0 Å². The lowest BCUT2D eigenvalue weighted by Crippen LogP contribution is -2.35. The van der Waals surface area contributed by atoms with Gasteiger partial charge >= 0.3 is 5.97 Å². The van der Waals surface area contributed by atoms with E-state index in [0.29, 0.717) is 0 Å². The first-order valence-electron chi connectivity index (χ1n) is 3.83. The summed E-state index contributed by atoms with van der Waals surface area (Å²) in [7, 11) is -3.45. The van der Waals surface area contributed by atoms with Gasteiger partial charge in [0.25, 0.3) is 6.04 Å². The lowest BCUT2D eigenvalue weighted by molar-refractivity contribution is -0.525. The van der Waals surface area contributed by atoms with E-state index in [1.165, 1.54) is 0 Å². The second kappa shape index (κ2) is 3.52. The van der Waals surface area contributed by atoms with Crippen LogP contribution in [-0.2, 0) is 19.4 Å². The van der Waals surface area contributed by atoms with E-state index < -0.39 is 44.4 Å². The molecule has 0 saturated carbocycles. The molecule has 0 aliphatic carbocycles. The van der Waals surface area contributed by atoms with Crippen molar-refractivity contribution < 1.29 is 22.9 Å². The standard InChI is InChI=1S/C6H9NO6S/c1-4(8)13-6-3-14(11,12)2-5(6)7(9)10/h5-6H,2-3H2,1H3/t5-,6+/m1/s1. The van der Waals surface area contributed by atoms with E-state index in [-0.39, 0.29) is 0 Å². The number of carbonyl (C=O) groups is 1. The van der Waals surface area contributed by atoms with Crippen molar-refractivity contribution in [2.45, 2.75) is 19.1 Å². The zero-order valence-corrected chi connectivity index (χ0v) is 8.19. The van der Waals surface area contributed by atoms with E-state index in [1.54, 1.807) is 0 Å². The molecule has 1 fully saturated rings. The third kappa shape index (κ3) is 2.41. The zero-order chi connectivity index (χ0) is 10.9. The molecule has 1 aliphatic heterocycles. The van der Waals surface area contributed by atoms with E-state index in [9.17, 15) is 23.3 Å². The Kier molecular flexibility index (Phi) is 2.74. The normalized spacial score (nSPS) is 29.8. The fourth-order valence-electron chi connectivity index (χ4n) is 1.32. The van der Waals surface area contributed by atoms with Gasteiger partial charge in [-0.25, -0.2) is 8.42 Å². The third-order valence-corrected chi connectivity index (χ3v) is 3.55. The Hall–Kier alpha value is -1.18. The monoisotopic (exact) mass is 223 g/mol. The summed E-state index contributed by atoms with van der Waals surface area (Å²) in [5.41, 5.74) is 0. The van der Waals surface area contributed by atoms with Gasteiger partial charge in [-0.05, 0) is 0 Å². The molecule has 0 aromatic heterocycles. The smallest absolute Gasteiger partial charge is 0.303 e. The largest absolute Gasteiger partial charge is 0.454 e. The molecule has 1 saturated heterocycles. The molecular weight excluding hydrogens is 214 g/mol. The van der Waals surface area contributed by atoms with E-state index in [0.717, 1.165) is 6.92 Å². The predicted octanol–water partition coefficient (Wildman–Crippen LogP) is -1.01. The number of ether oxygens (including phenoxy) is 1. The van der Waals surface area contributed by atoms with Crippen LogP contribution in [0.2, 0.25) is 0 Å². The van der Waals surface area contributed by atoms with Crippen LogP contribution in [0.15, 0.2) is 0 Å². The van der Waals surface area contributed by atoms with Crippen molar-refractivity contribution in [3.63, 3.8) is 0 Å². The van der Waals surface area contributed by atoms with Crippen molar-refractivity contribution in [2.24, 2.45) is 0 Å². The van der Waals surface area contributed by atoms with Crippen LogP contribution in [0.1, 0.15) is 6.92 Å². The molecule has 0 spiro atoms. The highest BCUT2D eigenvalue weighted by Crippen LogP contribution is 2.18. The van der Waals surface area contributed by atoms with Gasteiger partial charge in [0.2, 0.25) is 0 Å². The van der Waals surface area contributed by atoms with Crippen molar-refractivity contribution in [3.8, 4) is 0 Å². The predicted molar refractivity (Wildman–Crippen MR) is 45.0 cm³/mol. The molecular formula is C6H9NO6S. The fraction of sp³-hybridized carbons (Fsp3) is 0.833. The maximum Gasteiger partial charge on any atom is 0.303 e. The third-order valence-electron chi connectivity index (χ3n) is 1.86. The average molecular weight is 223 g/mol. The number of hydrogen-bond donors (Lipinski definition) is 0. The van der Waals surface area contributed by atoms with Gasteiger partial charge in [0.1, 0.15) is 5.75 Å². The molecule has 0 N–H and O–H groups in total. The maximum atomic E-state index is 11.0. The molecule has 1 rings (SSSR count). The molecule has 7 nitrogen and oxygen atoms in total. The Morgan fingerprint density at radius 2 is 2.07 bits per heavy atom. The molecule has 80 valence electrons. The Labute approximate surface area is 80.1 Å². The van der Waals surface area contributed by atoms with Crippen molar-refractivity contribution >= 4 is 15.8 Å². The fourth-order valence-corrected chi connectivity index (χ4v) is 3.10. The molecule has 1 aliphatic rings. The van der Waals surface area contributed by atoms with Gasteiger partial charge in [-0.15, -0.1) is 0 Å². The summed E-state index contributed by atoms with van der Waals surface area (Å²) in [6.07, 6.45) is -1.15. The second-order valence-corrected chi connectivity index (χ2v) is 5.23. The van der Waals surface area contributed by atoms with Crippen LogP contribution in [0, 0.1) is 10.1 Å². The molecule has 1 heterocycles. The first-order valence-corrected chi connectivity index (χ1v) is 5.65. The maximum absolute atomic E-state index is 11.0. The van der Waals surface area contributed by atoms with Gasteiger partial charge in [0.05, 0.1) is 5.75 Å². The first-order chi connectivity index (χ1) is 6.32. The lowest BCUT2D eigenvalue weighted by atomic mass is 10.2. The van der Waals surface area contributed by atoms with Crippen LogP contribution in [0.4, 0.5) is 0 Å². The van der Waals surface area contributed by atoms with Crippen molar-refractivity contribution in [2.75, 3.05) is 11.5 Å². The number of nitrogens with zero attached hydrogens (tertiary/aromatic N) is 1. The number of nitro groups is 1. The highest BCUT2D eigenvalue weighted by Gasteiger charge is 2.47. The minimum absolute atomic E-state index is 0.460. The molecule has 0 aromatic rings. The molecule has 0 radical (unpaired) electrons. The van der Waals surface area contributed by atoms with Crippen LogP contribution >= 0.6 is 0 Å². The van der Waals surface area contributed by atoms with Crippen molar-refractivity contribution in [3.05, 3.63) is 10.1 Å². The van der Waals surface area contributed by atoms with Crippen molar-refractivity contribution in [1.29, 1.82) is 0 Å². The average Bonchev–Trinajstić information content (AvgIpc) is 2.24. The summed E-state index contributed by atoms with van der Waals surface area (Å²) < 4.78 is 26.6. The van der Waals surface area contributed by atoms with Crippen LogP contribution < -0.4 is 0 Å². The molecule has 0 amide bonds. The highest BCUT2D eigenvalue weighted by atomic mass is 32.2. The van der Waals surface area contributed by atoms with E-state index >= 15 is 0 Å². The first kappa shape index (κ1) is 10.9. The number of esters is 1. The number of sulfone groups is 1. The van der Waals surface area contributed by atoms with Gasteiger partial charge in [-0.2, -0.15) is 0 Å². The molecule has 8 heteroatoms. The van der Waals surface area contributed by atoms with Crippen LogP contribution in [0.25, 0.3) is 0 Å². The van der Waals surface area contributed by atoms with Crippen LogP contribution in [0.3, 0.4) is 0 Å². The summed E-state index contributed by atoms with van der Waals surface area (Å²) in [5.74, 6) is -1.73. The summed E-state index contributed by atoms with van der Waals surface area (Å²) in [6.45, 7) is 1.09.